The normalized spacial score (nSPS) is 24.2. The standard InChI is InChI=1S/C20H28N2O2S/c1-22-15-7-9-18(16-22)20-12-6-5-8-17(20)13-14-21-25(23,24)19-10-3-2-4-11-19/h2-4,7,9-11,16-17,20-21H,5-6,8,12-15H2,1H3/t17-,20+/m0/s1. The van der Waals surface area contributed by atoms with E-state index in [9.17, 15) is 8.42 Å². The van der Waals surface area contributed by atoms with Gasteiger partial charge in [0.05, 0.1) is 4.90 Å². The number of nitrogens with one attached hydrogen (secondary N) is 1. The second-order valence-corrected chi connectivity index (χ2v) is 8.89. The van der Waals surface area contributed by atoms with E-state index < -0.39 is 10.0 Å². The zero-order valence-electron chi connectivity index (χ0n) is 14.9. The Balaban J connectivity index is 1.60. The molecular weight excluding hydrogens is 332 g/mol. The summed E-state index contributed by atoms with van der Waals surface area (Å²) in [6.07, 6.45) is 12.6. The molecule has 0 spiro atoms. The van der Waals surface area contributed by atoms with Crippen molar-refractivity contribution in [1.29, 1.82) is 0 Å². The van der Waals surface area contributed by atoms with Crippen LogP contribution in [0.2, 0.25) is 0 Å². The summed E-state index contributed by atoms with van der Waals surface area (Å²) >= 11 is 0. The number of allylic oxidation sites excluding steroid dienone is 2. The van der Waals surface area contributed by atoms with E-state index in [-0.39, 0.29) is 0 Å². The van der Waals surface area contributed by atoms with Crippen LogP contribution in [0.1, 0.15) is 32.1 Å². The first-order chi connectivity index (χ1) is 12.1. The molecule has 0 aromatic heterocycles. The van der Waals surface area contributed by atoms with Gasteiger partial charge in [-0.2, -0.15) is 0 Å². The molecule has 2 atom stereocenters. The smallest absolute Gasteiger partial charge is 0.240 e. The summed E-state index contributed by atoms with van der Waals surface area (Å²) in [5.74, 6) is 1.10. The van der Waals surface area contributed by atoms with Crippen molar-refractivity contribution in [2.45, 2.75) is 37.0 Å². The molecule has 4 nitrogen and oxygen atoms in total. The molecule has 3 rings (SSSR count). The van der Waals surface area contributed by atoms with Crippen LogP contribution in [0.25, 0.3) is 0 Å². The first-order valence-corrected chi connectivity index (χ1v) is 10.7. The highest BCUT2D eigenvalue weighted by Gasteiger charge is 2.28. The molecule has 1 heterocycles. The van der Waals surface area contributed by atoms with Crippen molar-refractivity contribution >= 4 is 10.0 Å². The Labute approximate surface area is 151 Å². The minimum Gasteiger partial charge on any atom is -0.376 e. The van der Waals surface area contributed by atoms with Gasteiger partial charge in [-0.05, 0) is 48.8 Å². The third-order valence-corrected chi connectivity index (χ3v) is 6.75. The van der Waals surface area contributed by atoms with E-state index in [1.807, 2.05) is 6.07 Å². The minimum absolute atomic E-state index is 0.342. The quantitative estimate of drug-likeness (QED) is 0.844. The van der Waals surface area contributed by atoms with Crippen molar-refractivity contribution in [3.63, 3.8) is 0 Å². The van der Waals surface area contributed by atoms with Gasteiger partial charge in [-0.3, -0.25) is 0 Å². The van der Waals surface area contributed by atoms with Crippen molar-refractivity contribution in [2.75, 3.05) is 20.1 Å². The Morgan fingerprint density at radius 1 is 1.16 bits per heavy atom. The zero-order valence-corrected chi connectivity index (χ0v) is 15.7. The van der Waals surface area contributed by atoms with Crippen LogP contribution >= 0.6 is 0 Å². The molecule has 1 saturated carbocycles. The number of nitrogens with zero attached hydrogens (tertiary/aromatic N) is 1. The van der Waals surface area contributed by atoms with E-state index in [0.717, 1.165) is 13.0 Å². The molecule has 1 aliphatic carbocycles. The maximum atomic E-state index is 12.4. The maximum absolute atomic E-state index is 12.4. The number of rotatable bonds is 6. The molecule has 1 N–H and O–H groups in total. The fourth-order valence-electron chi connectivity index (χ4n) is 3.98. The zero-order chi connectivity index (χ0) is 17.7. The lowest BCUT2D eigenvalue weighted by molar-refractivity contribution is 0.257. The van der Waals surface area contributed by atoms with Gasteiger partial charge >= 0.3 is 0 Å². The molecule has 0 amide bonds. The minimum atomic E-state index is -3.40. The largest absolute Gasteiger partial charge is 0.376 e. The molecule has 1 aromatic carbocycles. The lowest BCUT2D eigenvalue weighted by atomic mass is 9.73. The van der Waals surface area contributed by atoms with Crippen LogP contribution in [-0.4, -0.2) is 33.5 Å². The predicted octanol–water partition coefficient (Wildman–Crippen LogP) is 3.55. The summed E-state index contributed by atoms with van der Waals surface area (Å²) in [6, 6.07) is 8.61. The molecule has 5 heteroatoms. The lowest BCUT2D eigenvalue weighted by Crippen LogP contribution is -2.30. The molecule has 2 aliphatic rings. The van der Waals surface area contributed by atoms with Crippen molar-refractivity contribution < 1.29 is 8.42 Å². The number of likely N-dealkylation sites (N-methyl/N-ethyl adjacent to an activating group) is 1. The SMILES string of the molecule is CN1C=C([C@@H]2CCCC[C@H]2CCNS(=O)(=O)c2ccccc2)C=CC1. The fourth-order valence-corrected chi connectivity index (χ4v) is 5.05. The first kappa shape index (κ1) is 18.2. The molecule has 136 valence electrons. The molecule has 1 aliphatic heterocycles. The summed E-state index contributed by atoms with van der Waals surface area (Å²) < 4.78 is 27.5. The molecule has 0 bridgehead atoms. The van der Waals surface area contributed by atoms with Gasteiger partial charge in [-0.25, -0.2) is 13.1 Å². The summed E-state index contributed by atoms with van der Waals surface area (Å²) in [6.45, 7) is 1.48. The van der Waals surface area contributed by atoms with Gasteiger partial charge < -0.3 is 4.90 Å². The highest BCUT2D eigenvalue weighted by molar-refractivity contribution is 7.89. The molecular formula is C20H28N2O2S. The average molecular weight is 361 g/mol. The predicted molar refractivity (Wildman–Crippen MR) is 102 cm³/mol. The number of benzene rings is 1. The van der Waals surface area contributed by atoms with E-state index in [2.05, 4.69) is 35.0 Å². The van der Waals surface area contributed by atoms with Gasteiger partial charge in [-0.1, -0.05) is 43.2 Å². The van der Waals surface area contributed by atoms with Crippen LogP contribution in [0, 0.1) is 11.8 Å². The van der Waals surface area contributed by atoms with Crippen molar-refractivity contribution in [1.82, 2.24) is 9.62 Å². The number of hydrogen-bond acceptors (Lipinski definition) is 3. The second-order valence-electron chi connectivity index (χ2n) is 7.12. The van der Waals surface area contributed by atoms with Crippen LogP contribution in [0.15, 0.2) is 59.2 Å². The fraction of sp³-hybridized carbons (Fsp3) is 0.500. The van der Waals surface area contributed by atoms with Gasteiger partial charge in [0.15, 0.2) is 0 Å². The Bertz CT molecular complexity index is 725. The van der Waals surface area contributed by atoms with Crippen molar-refractivity contribution in [2.24, 2.45) is 11.8 Å². The summed E-state index contributed by atoms with van der Waals surface area (Å²) in [5.41, 5.74) is 1.41. The molecule has 1 fully saturated rings. The van der Waals surface area contributed by atoms with Gasteiger partial charge in [-0.15, -0.1) is 0 Å². The number of sulfonamides is 1. The van der Waals surface area contributed by atoms with Crippen LogP contribution in [0.4, 0.5) is 0 Å². The van der Waals surface area contributed by atoms with Crippen molar-refractivity contribution in [3.8, 4) is 0 Å². The van der Waals surface area contributed by atoms with Gasteiger partial charge in [0.1, 0.15) is 0 Å². The third-order valence-electron chi connectivity index (χ3n) is 5.27. The van der Waals surface area contributed by atoms with E-state index in [1.165, 1.54) is 31.3 Å². The molecule has 0 radical (unpaired) electrons. The average Bonchev–Trinajstić information content (AvgIpc) is 2.63. The van der Waals surface area contributed by atoms with Crippen LogP contribution in [-0.2, 0) is 10.0 Å². The molecule has 0 saturated heterocycles. The summed E-state index contributed by atoms with van der Waals surface area (Å²) in [4.78, 5) is 2.56. The van der Waals surface area contributed by atoms with Crippen molar-refractivity contribution in [3.05, 3.63) is 54.3 Å². The Morgan fingerprint density at radius 3 is 2.68 bits per heavy atom. The van der Waals surface area contributed by atoms with Gasteiger partial charge in [0.25, 0.3) is 0 Å². The van der Waals surface area contributed by atoms with E-state index in [4.69, 9.17) is 0 Å². The molecule has 1 aromatic rings. The summed E-state index contributed by atoms with van der Waals surface area (Å²) in [5, 5.41) is 0. The summed E-state index contributed by atoms with van der Waals surface area (Å²) in [7, 11) is -1.29. The highest BCUT2D eigenvalue weighted by atomic mass is 32.2. The molecule has 0 unspecified atom stereocenters. The Kier molecular flexibility index (Phi) is 5.97. The monoisotopic (exact) mass is 360 g/mol. The number of hydrogen-bond donors (Lipinski definition) is 1. The van der Waals surface area contributed by atoms with E-state index in [0.29, 0.717) is 23.3 Å². The van der Waals surface area contributed by atoms with E-state index >= 15 is 0 Å². The first-order valence-electron chi connectivity index (χ1n) is 9.19. The van der Waals surface area contributed by atoms with Crippen LogP contribution in [0.3, 0.4) is 0 Å². The molecule has 25 heavy (non-hydrogen) atoms. The van der Waals surface area contributed by atoms with Gasteiger partial charge in [0, 0.05) is 26.3 Å². The lowest BCUT2D eigenvalue weighted by Gasteiger charge is -2.34. The van der Waals surface area contributed by atoms with Gasteiger partial charge in [0.2, 0.25) is 10.0 Å². The maximum Gasteiger partial charge on any atom is 0.240 e. The second kappa shape index (κ2) is 8.19. The van der Waals surface area contributed by atoms with E-state index in [1.54, 1.807) is 24.3 Å². The topological polar surface area (TPSA) is 49.4 Å². The third kappa shape index (κ3) is 4.73. The van der Waals surface area contributed by atoms with Crippen LogP contribution < -0.4 is 4.72 Å². The highest BCUT2D eigenvalue weighted by Crippen LogP contribution is 2.38. The Morgan fingerprint density at radius 2 is 1.92 bits per heavy atom. The Hall–Kier alpha value is -1.59. The van der Waals surface area contributed by atoms with Crippen LogP contribution in [0.5, 0.6) is 0 Å².